The molecule has 4 nitrogen and oxygen atoms in total. The van der Waals surface area contributed by atoms with E-state index in [9.17, 15) is 17.2 Å². The molecule has 94 valence electrons. The highest BCUT2D eigenvalue weighted by Crippen LogP contribution is 2.20. The maximum atomic E-state index is 13.2. The van der Waals surface area contributed by atoms with Crippen LogP contribution in [0.2, 0.25) is 0 Å². The fourth-order valence-electron chi connectivity index (χ4n) is 1.84. The Kier molecular flexibility index (Phi) is 3.28. The summed E-state index contributed by atoms with van der Waals surface area (Å²) >= 11 is 0. The van der Waals surface area contributed by atoms with Gasteiger partial charge in [0.15, 0.2) is 21.5 Å². The van der Waals surface area contributed by atoms with Crippen LogP contribution in [-0.2, 0) is 9.84 Å². The van der Waals surface area contributed by atoms with Gasteiger partial charge in [-0.2, -0.15) is 0 Å². The third-order valence-electron chi connectivity index (χ3n) is 2.77. The number of pyridine rings is 1. The predicted octanol–water partition coefficient (Wildman–Crippen LogP) is 1.35. The van der Waals surface area contributed by atoms with Crippen LogP contribution in [-0.4, -0.2) is 30.9 Å². The Morgan fingerprint density at radius 1 is 1.47 bits per heavy atom. The van der Waals surface area contributed by atoms with Crippen molar-refractivity contribution in [2.45, 2.75) is 18.1 Å². The molecule has 1 saturated heterocycles. The third kappa shape index (κ3) is 2.71. The van der Waals surface area contributed by atoms with Crippen LogP contribution < -0.4 is 5.32 Å². The summed E-state index contributed by atoms with van der Waals surface area (Å²) in [6, 6.07) is 0.707. The van der Waals surface area contributed by atoms with Gasteiger partial charge in [-0.05, 0) is 12.8 Å². The Balaban J connectivity index is 2.03. The Labute approximate surface area is 98.0 Å². The van der Waals surface area contributed by atoms with E-state index in [-0.39, 0.29) is 18.1 Å². The molecule has 0 saturated carbocycles. The van der Waals surface area contributed by atoms with E-state index in [1.165, 1.54) is 0 Å². The Morgan fingerprint density at radius 3 is 2.82 bits per heavy atom. The number of anilines is 1. The largest absolute Gasteiger partial charge is 0.366 e. The lowest BCUT2D eigenvalue weighted by Crippen LogP contribution is -2.25. The fraction of sp³-hybridized carbons (Fsp3) is 0.500. The third-order valence-corrected chi connectivity index (χ3v) is 5.04. The monoisotopic (exact) mass is 262 g/mol. The number of nitrogens with one attached hydrogen (secondary N) is 1. The van der Waals surface area contributed by atoms with Crippen molar-refractivity contribution in [2.75, 3.05) is 17.6 Å². The molecule has 7 heteroatoms. The zero-order chi connectivity index (χ0) is 12.5. The van der Waals surface area contributed by atoms with Crippen molar-refractivity contribution in [3.05, 3.63) is 23.9 Å². The molecule has 1 aromatic heterocycles. The van der Waals surface area contributed by atoms with Gasteiger partial charge in [-0.25, -0.2) is 22.2 Å². The number of aromatic nitrogens is 1. The smallest absolute Gasteiger partial charge is 0.168 e. The van der Waals surface area contributed by atoms with Crippen LogP contribution in [0.1, 0.15) is 12.8 Å². The molecule has 0 aromatic carbocycles. The van der Waals surface area contributed by atoms with Crippen molar-refractivity contribution in [1.82, 2.24) is 4.98 Å². The van der Waals surface area contributed by atoms with Crippen LogP contribution in [0, 0.1) is 11.6 Å². The number of sulfone groups is 1. The molecule has 2 rings (SSSR count). The van der Waals surface area contributed by atoms with E-state index in [1.807, 2.05) is 0 Å². The summed E-state index contributed by atoms with van der Waals surface area (Å²) in [5, 5.41) is 2.10. The van der Waals surface area contributed by atoms with Gasteiger partial charge in [0.1, 0.15) is 5.82 Å². The lowest BCUT2D eigenvalue weighted by molar-refractivity contribution is 0.573. The number of hydrogen-bond acceptors (Lipinski definition) is 4. The maximum Gasteiger partial charge on any atom is 0.168 e. The van der Waals surface area contributed by atoms with E-state index >= 15 is 0 Å². The number of nitrogens with zero attached hydrogens (tertiary/aromatic N) is 1. The minimum Gasteiger partial charge on any atom is -0.366 e. The van der Waals surface area contributed by atoms with Crippen LogP contribution >= 0.6 is 0 Å². The molecule has 1 N–H and O–H groups in total. The summed E-state index contributed by atoms with van der Waals surface area (Å²) in [4.78, 5) is 3.53. The summed E-state index contributed by atoms with van der Waals surface area (Å²) in [6.45, 7) is 0.109. The highest BCUT2D eigenvalue weighted by Gasteiger charge is 2.31. The van der Waals surface area contributed by atoms with Crippen molar-refractivity contribution in [3.8, 4) is 0 Å². The van der Waals surface area contributed by atoms with Gasteiger partial charge in [0.05, 0.1) is 17.2 Å². The van der Waals surface area contributed by atoms with Crippen LogP contribution in [0.25, 0.3) is 0 Å². The van der Waals surface area contributed by atoms with E-state index in [1.54, 1.807) is 0 Å². The van der Waals surface area contributed by atoms with Crippen molar-refractivity contribution in [3.63, 3.8) is 0 Å². The SMILES string of the molecule is O=S1(=O)CCCC1CNc1ncc(F)cc1F. The van der Waals surface area contributed by atoms with Crippen molar-refractivity contribution >= 4 is 15.7 Å². The number of halogens is 2. The van der Waals surface area contributed by atoms with Gasteiger partial charge in [0.2, 0.25) is 0 Å². The van der Waals surface area contributed by atoms with E-state index in [0.29, 0.717) is 18.9 Å². The summed E-state index contributed by atoms with van der Waals surface area (Å²) < 4.78 is 48.8. The summed E-state index contributed by atoms with van der Waals surface area (Å²) in [5.41, 5.74) is 0. The molecule has 1 aromatic rings. The highest BCUT2D eigenvalue weighted by atomic mass is 32.2. The van der Waals surface area contributed by atoms with Gasteiger partial charge in [0.25, 0.3) is 0 Å². The molecule has 0 spiro atoms. The Morgan fingerprint density at radius 2 is 2.24 bits per heavy atom. The molecule has 0 bridgehead atoms. The Hall–Kier alpha value is -1.24. The minimum atomic E-state index is -3.07. The van der Waals surface area contributed by atoms with Gasteiger partial charge in [-0.1, -0.05) is 0 Å². The molecule has 1 aliphatic rings. The number of hydrogen-bond donors (Lipinski definition) is 1. The predicted molar refractivity (Wildman–Crippen MR) is 59.5 cm³/mol. The van der Waals surface area contributed by atoms with Crippen LogP contribution in [0.3, 0.4) is 0 Å². The second-order valence-corrected chi connectivity index (χ2v) is 6.40. The molecule has 0 amide bonds. The van der Waals surface area contributed by atoms with Crippen molar-refractivity contribution in [2.24, 2.45) is 0 Å². The van der Waals surface area contributed by atoms with Crippen LogP contribution in [0.5, 0.6) is 0 Å². The first-order chi connectivity index (χ1) is 7.99. The molecule has 1 unspecified atom stereocenters. The zero-order valence-electron chi connectivity index (χ0n) is 8.99. The highest BCUT2D eigenvalue weighted by molar-refractivity contribution is 7.92. The minimum absolute atomic E-state index is 0.109. The normalized spacial score (nSPS) is 22.6. The molecule has 0 radical (unpaired) electrons. The van der Waals surface area contributed by atoms with Gasteiger partial charge in [-0.3, -0.25) is 0 Å². The molecular formula is C10H12F2N2O2S. The molecule has 17 heavy (non-hydrogen) atoms. The molecular weight excluding hydrogens is 250 g/mol. The lowest BCUT2D eigenvalue weighted by Gasteiger charge is -2.11. The van der Waals surface area contributed by atoms with Crippen LogP contribution in [0.15, 0.2) is 12.3 Å². The van der Waals surface area contributed by atoms with E-state index in [0.717, 1.165) is 6.20 Å². The zero-order valence-corrected chi connectivity index (χ0v) is 9.80. The van der Waals surface area contributed by atoms with E-state index in [2.05, 4.69) is 10.3 Å². The summed E-state index contributed by atoms with van der Waals surface area (Å²) in [7, 11) is -3.07. The lowest BCUT2D eigenvalue weighted by atomic mass is 10.2. The first kappa shape index (κ1) is 12.2. The Bertz CT molecular complexity index is 519. The quantitative estimate of drug-likeness (QED) is 0.893. The van der Waals surface area contributed by atoms with Crippen molar-refractivity contribution < 1.29 is 17.2 Å². The molecule has 1 aliphatic heterocycles. The van der Waals surface area contributed by atoms with E-state index in [4.69, 9.17) is 0 Å². The summed E-state index contributed by atoms with van der Waals surface area (Å²) in [5.74, 6) is -1.52. The van der Waals surface area contributed by atoms with Crippen molar-refractivity contribution in [1.29, 1.82) is 0 Å². The maximum absolute atomic E-state index is 13.2. The van der Waals surface area contributed by atoms with Crippen LogP contribution in [0.4, 0.5) is 14.6 Å². The van der Waals surface area contributed by atoms with Gasteiger partial charge >= 0.3 is 0 Å². The average Bonchev–Trinajstić information content (AvgIpc) is 2.57. The van der Waals surface area contributed by atoms with Gasteiger partial charge < -0.3 is 5.32 Å². The summed E-state index contributed by atoms with van der Waals surface area (Å²) in [6.07, 6.45) is 2.08. The molecule has 0 aliphatic carbocycles. The second-order valence-electron chi connectivity index (χ2n) is 4.00. The molecule has 1 fully saturated rings. The van der Waals surface area contributed by atoms with Gasteiger partial charge in [0, 0.05) is 12.6 Å². The topological polar surface area (TPSA) is 59.1 Å². The second kappa shape index (κ2) is 4.56. The first-order valence-corrected chi connectivity index (χ1v) is 6.97. The standard InChI is InChI=1S/C10H12F2N2O2S/c11-7-4-9(12)10(13-5-7)14-6-8-2-1-3-17(8,15)16/h4-5,8H,1-3,6H2,(H,13,14). The molecule has 1 atom stereocenters. The average molecular weight is 262 g/mol. The fourth-order valence-corrected chi connectivity index (χ4v) is 3.61. The molecule has 2 heterocycles. The number of rotatable bonds is 3. The van der Waals surface area contributed by atoms with E-state index < -0.39 is 26.7 Å². The van der Waals surface area contributed by atoms with Gasteiger partial charge in [-0.15, -0.1) is 0 Å². The first-order valence-electron chi connectivity index (χ1n) is 5.25.